The van der Waals surface area contributed by atoms with Crippen molar-refractivity contribution >= 4 is 27.3 Å². The molecule has 0 unspecified atom stereocenters. The van der Waals surface area contributed by atoms with E-state index in [4.69, 9.17) is 11.6 Å². The van der Waals surface area contributed by atoms with E-state index in [0.717, 1.165) is 0 Å². The standard InChI is InChI=1S/C8H9ClFNO2S/c1-6-3-2-4-7(8(6)10)11-14(12,13)5-9/h2-4,11H,5H2,1H3. The fourth-order valence-corrected chi connectivity index (χ4v) is 1.63. The third-order valence-corrected chi connectivity index (χ3v) is 3.28. The van der Waals surface area contributed by atoms with Gasteiger partial charge in [0.15, 0.2) is 0 Å². The van der Waals surface area contributed by atoms with Gasteiger partial charge >= 0.3 is 0 Å². The molecule has 0 radical (unpaired) electrons. The van der Waals surface area contributed by atoms with Crippen LogP contribution in [0.4, 0.5) is 10.1 Å². The number of hydrogen-bond acceptors (Lipinski definition) is 2. The minimum absolute atomic E-state index is 0.0781. The fraction of sp³-hybridized carbons (Fsp3) is 0.250. The number of rotatable bonds is 3. The Balaban J connectivity index is 3.05. The molecule has 0 aliphatic heterocycles. The van der Waals surface area contributed by atoms with Crippen molar-refractivity contribution in [3.8, 4) is 0 Å². The van der Waals surface area contributed by atoms with Gasteiger partial charge in [-0.1, -0.05) is 12.1 Å². The lowest BCUT2D eigenvalue weighted by Gasteiger charge is -2.07. The average molecular weight is 238 g/mol. The number of sulfonamides is 1. The first-order valence-corrected chi connectivity index (χ1v) is 5.96. The van der Waals surface area contributed by atoms with Gasteiger partial charge < -0.3 is 0 Å². The van der Waals surface area contributed by atoms with Crippen molar-refractivity contribution in [2.24, 2.45) is 0 Å². The quantitative estimate of drug-likeness (QED) is 0.818. The molecule has 0 aromatic heterocycles. The molecule has 1 aromatic carbocycles. The van der Waals surface area contributed by atoms with E-state index in [-0.39, 0.29) is 5.69 Å². The Morgan fingerprint density at radius 3 is 2.71 bits per heavy atom. The first-order valence-electron chi connectivity index (χ1n) is 3.78. The number of benzene rings is 1. The van der Waals surface area contributed by atoms with Crippen LogP contribution in [0.25, 0.3) is 0 Å². The molecule has 0 heterocycles. The minimum atomic E-state index is -3.64. The number of halogens is 2. The molecule has 0 atom stereocenters. The summed E-state index contributed by atoms with van der Waals surface area (Å²) in [5, 5.41) is -0.597. The van der Waals surface area contributed by atoms with Crippen molar-refractivity contribution in [3.05, 3.63) is 29.6 Å². The molecule has 0 amide bonds. The van der Waals surface area contributed by atoms with Crippen molar-refractivity contribution in [2.75, 3.05) is 9.93 Å². The molecule has 1 N–H and O–H groups in total. The van der Waals surface area contributed by atoms with Crippen LogP contribution in [0.2, 0.25) is 0 Å². The molecule has 6 heteroatoms. The van der Waals surface area contributed by atoms with E-state index in [1.165, 1.54) is 6.07 Å². The van der Waals surface area contributed by atoms with E-state index in [0.29, 0.717) is 5.56 Å². The van der Waals surface area contributed by atoms with Crippen LogP contribution in [-0.4, -0.2) is 13.6 Å². The van der Waals surface area contributed by atoms with Crippen LogP contribution < -0.4 is 4.72 Å². The van der Waals surface area contributed by atoms with E-state index in [1.54, 1.807) is 19.1 Å². The zero-order valence-corrected chi connectivity index (χ0v) is 8.99. The molecule has 0 fully saturated rings. The molecule has 0 aliphatic rings. The summed E-state index contributed by atoms with van der Waals surface area (Å²) in [6.07, 6.45) is 0. The summed E-state index contributed by atoms with van der Waals surface area (Å²) >= 11 is 5.16. The highest BCUT2D eigenvalue weighted by Gasteiger charge is 2.12. The van der Waals surface area contributed by atoms with Gasteiger partial charge in [0.2, 0.25) is 10.0 Å². The van der Waals surface area contributed by atoms with E-state index in [2.05, 4.69) is 0 Å². The summed E-state index contributed by atoms with van der Waals surface area (Å²) < 4.78 is 37.4. The Hall–Kier alpha value is -0.810. The first-order chi connectivity index (χ1) is 6.46. The third kappa shape index (κ3) is 2.59. The largest absolute Gasteiger partial charge is 0.280 e. The highest BCUT2D eigenvalue weighted by atomic mass is 35.5. The number of alkyl halides is 1. The predicted molar refractivity (Wildman–Crippen MR) is 54.4 cm³/mol. The van der Waals surface area contributed by atoms with Crippen molar-refractivity contribution in [1.29, 1.82) is 0 Å². The number of nitrogens with one attached hydrogen (secondary N) is 1. The summed E-state index contributed by atoms with van der Waals surface area (Å²) in [7, 11) is -3.64. The molecule has 0 spiro atoms. The normalized spacial score (nSPS) is 11.4. The highest BCUT2D eigenvalue weighted by molar-refractivity contribution is 7.93. The predicted octanol–water partition coefficient (Wildman–Crippen LogP) is 2.07. The molecule has 0 saturated carbocycles. The Morgan fingerprint density at radius 2 is 2.14 bits per heavy atom. The van der Waals surface area contributed by atoms with Crippen LogP contribution >= 0.6 is 11.6 Å². The van der Waals surface area contributed by atoms with Gasteiger partial charge in [0.25, 0.3) is 0 Å². The van der Waals surface area contributed by atoms with Gasteiger partial charge in [-0.15, -0.1) is 11.6 Å². The second-order valence-electron chi connectivity index (χ2n) is 2.76. The molecule has 0 bridgehead atoms. The summed E-state index contributed by atoms with van der Waals surface area (Å²) in [5.74, 6) is -0.582. The van der Waals surface area contributed by atoms with Crippen molar-refractivity contribution in [3.63, 3.8) is 0 Å². The van der Waals surface area contributed by atoms with E-state index in [1.807, 2.05) is 4.72 Å². The van der Waals surface area contributed by atoms with Gasteiger partial charge in [0, 0.05) is 0 Å². The lowest BCUT2D eigenvalue weighted by atomic mass is 10.2. The van der Waals surface area contributed by atoms with E-state index < -0.39 is 21.1 Å². The molecule has 0 aliphatic carbocycles. The Labute approximate surface area is 86.9 Å². The van der Waals surface area contributed by atoms with Crippen molar-refractivity contribution < 1.29 is 12.8 Å². The van der Waals surface area contributed by atoms with Crippen LogP contribution in [0.15, 0.2) is 18.2 Å². The molecular weight excluding hydrogens is 229 g/mol. The molecular formula is C8H9ClFNO2S. The highest BCUT2D eigenvalue weighted by Crippen LogP contribution is 2.18. The minimum Gasteiger partial charge on any atom is -0.280 e. The van der Waals surface area contributed by atoms with Crippen molar-refractivity contribution in [2.45, 2.75) is 6.92 Å². The van der Waals surface area contributed by atoms with Crippen LogP contribution in [0, 0.1) is 12.7 Å². The maximum atomic E-state index is 13.3. The molecule has 3 nitrogen and oxygen atoms in total. The van der Waals surface area contributed by atoms with Crippen LogP contribution in [0.3, 0.4) is 0 Å². The molecule has 0 saturated heterocycles. The molecule has 1 aromatic rings. The lowest BCUT2D eigenvalue weighted by molar-refractivity contribution is 0.601. The smallest absolute Gasteiger partial charge is 0.246 e. The third-order valence-electron chi connectivity index (χ3n) is 1.60. The number of hydrogen-bond donors (Lipinski definition) is 1. The maximum absolute atomic E-state index is 13.3. The van der Waals surface area contributed by atoms with Crippen molar-refractivity contribution in [1.82, 2.24) is 0 Å². The van der Waals surface area contributed by atoms with E-state index in [9.17, 15) is 12.8 Å². The van der Waals surface area contributed by atoms with E-state index >= 15 is 0 Å². The van der Waals surface area contributed by atoms with Gasteiger partial charge in [-0.05, 0) is 18.6 Å². The van der Waals surface area contributed by atoms with Gasteiger partial charge in [-0.3, -0.25) is 4.72 Å². The topological polar surface area (TPSA) is 46.2 Å². The summed E-state index contributed by atoms with van der Waals surface area (Å²) in [5.41, 5.74) is 0.297. The molecule has 78 valence electrons. The monoisotopic (exact) mass is 237 g/mol. The van der Waals surface area contributed by atoms with Crippen LogP contribution in [0.1, 0.15) is 5.56 Å². The molecule has 1 rings (SSSR count). The second kappa shape index (κ2) is 4.14. The van der Waals surface area contributed by atoms with Crippen LogP contribution in [-0.2, 0) is 10.0 Å². The maximum Gasteiger partial charge on any atom is 0.246 e. The average Bonchev–Trinajstić information content (AvgIpc) is 2.13. The zero-order valence-electron chi connectivity index (χ0n) is 7.42. The first kappa shape index (κ1) is 11.3. The second-order valence-corrected chi connectivity index (χ2v) is 5.07. The SMILES string of the molecule is Cc1cccc(NS(=O)(=O)CCl)c1F. The summed E-state index contributed by atoms with van der Waals surface area (Å²) in [4.78, 5) is 0. The van der Waals surface area contributed by atoms with Gasteiger partial charge in [0.1, 0.15) is 11.0 Å². The van der Waals surface area contributed by atoms with Gasteiger partial charge in [-0.25, -0.2) is 12.8 Å². The summed E-state index contributed by atoms with van der Waals surface area (Å²) in [6.45, 7) is 1.55. The lowest BCUT2D eigenvalue weighted by Crippen LogP contribution is -2.14. The Bertz CT molecular complexity index is 433. The number of aryl methyl sites for hydroxylation is 1. The van der Waals surface area contributed by atoms with Crippen LogP contribution in [0.5, 0.6) is 0 Å². The zero-order chi connectivity index (χ0) is 10.8. The van der Waals surface area contributed by atoms with Gasteiger partial charge in [-0.2, -0.15) is 0 Å². The molecule has 14 heavy (non-hydrogen) atoms. The Kier molecular flexibility index (Phi) is 3.34. The fourth-order valence-electron chi connectivity index (χ4n) is 0.921. The van der Waals surface area contributed by atoms with Gasteiger partial charge in [0.05, 0.1) is 5.69 Å². The Morgan fingerprint density at radius 1 is 1.50 bits per heavy atom. The summed E-state index contributed by atoms with van der Waals surface area (Å²) in [6, 6.07) is 4.45. The number of anilines is 1.